The van der Waals surface area contributed by atoms with E-state index in [1.54, 1.807) is 6.92 Å². The zero-order valence-electron chi connectivity index (χ0n) is 10.4. The van der Waals surface area contributed by atoms with Gasteiger partial charge in [0, 0.05) is 24.2 Å². The molecular formula is C11H16ClN3O4. The number of H-pyrrole nitrogens is 1. The van der Waals surface area contributed by atoms with Crippen molar-refractivity contribution < 1.29 is 9.84 Å². The molecule has 2 rings (SSSR count). The van der Waals surface area contributed by atoms with Gasteiger partial charge in [-0.05, 0) is 6.92 Å². The van der Waals surface area contributed by atoms with E-state index in [-0.39, 0.29) is 12.5 Å². The first-order valence-electron chi connectivity index (χ1n) is 5.86. The average Bonchev–Trinajstić information content (AvgIpc) is 2.71. The van der Waals surface area contributed by atoms with E-state index in [0.717, 1.165) is 0 Å². The van der Waals surface area contributed by atoms with Gasteiger partial charge in [0.05, 0.1) is 12.5 Å². The molecule has 0 unspecified atom stereocenters. The number of aliphatic hydroxyl groups excluding tert-OH is 1. The van der Waals surface area contributed by atoms with E-state index in [4.69, 9.17) is 22.1 Å². The zero-order chi connectivity index (χ0) is 14.2. The lowest BCUT2D eigenvalue weighted by atomic mass is 9.98. The Bertz CT molecular complexity index is 578. The van der Waals surface area contributed by atoms with E-state index >= 15 is 0 Å². The number of aryl methyl sites for hydroxylation is 1. The van der Waals surface area contributed by atoms with E-state index in [2.05, 4.69) is 4.98 Å². The molecular weight excluding hydrogens is 274 g/mol. The van der Waals surface area contributed by atoms with Gasteiger partial charge >= 0.3 is 5.69 Å². The summed E-state index contributed by atoms with van der Waals surface area (Å²) in [6, 6.07) is -0.487. The first-order valence-corrected chi connectivity index (χ1v) is 6.39. The van der Waals surface area contributed by atoms with Gasteiger partial charge in [0.1, 0.15) is 11.8 Å². The summed E-state index contributed by atoms with van der Waals surface area (Å²) in [4.78, 5) is 25.3. The summed E-state index contributed by atoms with van der Waals surface area (Å²) < 4.78 is 6.92. The Balaban J connectivity index is 2.38. The van der Waals surface area contributed by atoms with Crippen LogP contribution in [0, 0.1) is 6.92 Å². The van der Waals surface area contributed by atoms with Gasteiger partial charge in [0.15, 0.2) is 0 Å². The number of nitrogens with zero attached hydrogens (tertiary/aromatic N) is 1. The monoisotopic (exact) mass is 289 g/mol. The van der Waals surface area contributed by atoms with Crippen LogP contribution in [-0.4, -0.2) is 38.8 Å². The fraction of sp³-hybridized carbons (Fsp3) is 0.636. The summed E-state index contributed by atoms with van der Waals surface area (Å²) >= 11 is 5.80. The molecule has 1 aromatic heterocycles. The highest BCUT2D eigenvalue weighted by molar-refractivity contribution is 6.18. The molecule has 0 radical (unpaired) electrons. The number of alkyl halides is 1. The lowest BCUT2D eigenvalue weighted by Gasteiger charge is -2.28. The highest BCUT2D eigenvalue weighted by atomic mass is 35.5. The van der Waals surface area contributed by atoms with E-state index in [1.165, 1.54) is 10.8 Å². The molecule has 106 valence electrons. The average molecular weight is 290 g/mol. The second kappa shape index (κ2) is 5.09. The summed E-state index contributed by atoms with van der Waals surface area (Å²) in [6.07, 6.45) is 1.10. The van der Waals surface area contributed by atoms with Crippen LogP contribution in [0.5, 0.6) is 0 Å². The minimum Gasteiger partial charge on any atom is -0.393 e. The maximum absolute atomic E-state index is 11.8. The SMILES string of the molecule is Cc1cn([C@H]2C[C@H](N)[C@](CO)(CCl)O2)c(=O)[nH]c1=O. The molecule has 0 aliphatic carbocycles. The van der Waals surface area contributed by atoms with Gasteiger partial charge < -0.3 is 15.6 Å². The van der Waals surface area contributed by atoms with Crippen molar-refractivity contribution in [3.63, 3.8) is 0 Å². The largest absolute Gasteiger partial charge is 0.393 e. The summed E-state index contributed by atoms with van der Waals surface area (Å²) in [5.41, 5.74) is 4.25. The number of nitrogens with one attached hydrogen (secondary N) is 1. The summed E-state index contributed by atoms with van der Waals surface area (Å²) in [6.45, 7) is 1.26. The van der Waals surface area contributed by atoms with Crippen LogP contribution in [0.4, 0.5) is 0 Å². The van der Waals surface area contributed by atoms with Gasteiger partial charge in [-0.25, -0.2) is 4.79 Å². The fourth-order valence-corrected chi connectivity index (χ4v) is 2.48. The number of nitrogens with two attached hydrogens (primary N) is 1. The number of hydrogen-bond donors (Lipinski definition) is 3. The second-order valence-electron chi connectivity index (χ2n) is 4.75. The van der Waals surface area contributed by atoms with Crippen LogP contribution in [-0.2, 0) is 4.74 Å². The number of aliphatic hydroxyl groups is 1. The highest BCUT2D eigenvalue weighted by Crippen LogP contribution is 2.35. The molecule has 7 nitrogen and oxygen atoms in total. The van der Waals surface area contributed by atoms with Crippen molar-refractivity contribution in [1.29, 1.82) is 0 Å². The lowest BCUT2D eigenvalue weighted by molar-refractivity contribution is -0.0899. The van der Waals surface area contributed by atoms with Crippen LogP contribution in [0.25, 0.3) is 0 Å². The van der Waals surface area contributed by atoms with Crippen molar-refractivity contribution >= 4 is 11.6 Å². The Labute approximate surface area is 114 Å². The normalized spacial score (nSPS) is 30.7. The van der Waals surface area contributed by atoms with Gasteiger partial charge in [-0.15, -0.1) is 11.6 Å². The molecule has 0 aromatic carbocycles. The van der Waals surface area contributed by atoms with E-state index < -0.39 is 29.1 Å². The van der Waals surface area contributed by atoms with Crippen LogP contribution >= 0.6 is 11.6 Å². The summed E-state index contributed by atoms with van der Waals surface area (Å²) in [7, 11) is 0. The molecule has 3 atom stereocenters. The predicted molar refractivity (Wildman–Crippen MR) is 69.3 cm³/mol. The lowest BCUT2D eigenvalue weighted by Crippen LogP contribution is -2.49. The maximum atomic E-state index is 11.8. The van der Waals surface area contributed by atoms with E-state index in [1.807, 2.05) is 0 Å². The van der Waals surface area contributed by atoms with Crippen molar-refractivity contribution in [3.8, 4) is 0 Å². The first-order chi connectivity index (χ1) is 8.93. The van der Waals surface area contributed by atoms with Crippen LogP contribution in [0.1, 0.15) is 18.2 Å². The molecule has 0 saturated carbocycles. The third kappa shape index (κ3) is 2.34. The highest BCUT2D eigenvalue weighted by Gasteiger charge is 2.47. The first kappa shape index (κ1) is 14.3. The van der Waals surface area contributed by atoms with Crippen molar-refractivity contribution in [2.24, 2.45) is 5.73 Å². The molecule has 1 fully saturated rings. The molecule has 0 amide bonds. The topological polar surface area (TPSA) is 110 Å². The molecule has 1 aliphatic rings. The molecule has 2 heterocycles. The quantitative estimate of drug-likeness (QED) is 0.622. The van der Waals surface area contributed by atoms with E-state index in [0.29, 0.717) is 12.0 Å². The van der Waals surface area contributed by atoms with Crippen molar-refractivity contribution in [2.45, 2.75) is 31.2 Å². The molecule has 1 aromatic rings. The van der Waals surface area contributed by atoms with Crippen molar-refractivity contribution in [1.82, 2.24) is 9.55 Å². The van der Waals surface area contributed by atoms with Crippen LogP contribution in [0.3, 0.4) is 0 Å². The molecule has 0 bridgehead atoms. The molecule has 19 heavy (non-hydrogen) atoms. The van der Waals surface area contributed by atoms with Crippen LogP contribution in [0.2, 0.25) is 0 Å². The number of hydrogen-bond acceptors (Lipinski definition) is 5. The Hall–Kier alpha value is -1.15. The standard InChI is InChI=1S/C11H16ClN3O4/c1-6-3-15(10(18)14-9(6)17)8-2-7(13)11(4-12,5-16)19-8/h3,7-8,16H,2,4-5,13H2,1H3,(H,14,17,18)/t7-,8+,11+/m0/s1. The maximum Gasteiger partial charge on any atom is 0.330 e. The predicted octanol–water partition coefficient (Wildman–Crippen LogP) is -0.939. The van der Waals surface area contributed by atoms with Gasteiger partial charge in [-0.2, -0.15) is 0 Å². The molecule has 4 N–H and O–H groups in total. The molecule has 8 heteroatoms. The van der Waals surface area contributed by atoms with Crippen molar-refractivity contribution in [2.75, 3.05) is 12.5 Å². The second-order valence-corrected chi connectivity index (χ2v) is 5.02. The van der Waals surface area contributed by atoms with Gasteiger partial charge in [-0.3, -0.25) is 14.3 Å². The minimum atomic E-state index is -1.06. The Morgan fingerprint density at radius 1 is 1.68 bits per heavy atom. The number of rotatable bonds is 3. The summed E-state index contributed by atoms with van der Waals surface area (Å²) in [5, 5.41) is 9.38. The number of halogens is 1. The fourth-order valence-electron chi connectivity index (χ4n) is 2.14. The van der Waals surface area contributed by atoms with Gasteiger partial charge in [0.25, 0.3) is 5.56 Å². The van der Waals surface area contributed by atoms with Gasteiger partial charge in [0.2, 0.25) is 0 Å². The molecule has 1 aliphatic heterocycles. The van der Waals surface area contributed by atoms with Crippen LogP contribution in [0.15, 0.2) is 15.8 Å². The van der Waals surface area contributed by atoms with Gasteiger partial charge in [-0.1, -0.05) is 0 Å². The summed E-state index contributed by atoms with van der Waals surface area (Å²) in [5.74, 6) is 0.0260. The number of aromatic amines is 1. The molecule has 1 saturated heterocycles. The molecule has 0 spiro atoms. The third-order valence-electron chi connectivity index (χ3n) is 3.45. The zero-order valence-corrected chi connectivity index (χ0v) is 11.2. The number of aromatic nitrogens is 2. The Morgan fingerprint density at radius 3 is 2.89 bits per heavy atom. The van der Waals surface area contributed by atoms with Crippen LogP contribution < -0.4 is 17.0 Å². The smallest absolute Gasteiger partial charge is 0.330 e. The number of ether oxygens (including phenoxy) is 1. The Morgan fingerprint density at radius 2 is 2.37 bits per heavy atom. The minimum absolute atomic E-state index is 0.0260. The van der Waals surface area contributed by atoms with Crippen molar-refractivity contribution in [3.05, 3.63) is 32.6 Å². The third-order valence-corrected chi connectivity index (χ3v) is 3.90. The van der Waals surface area contributed by atoms with E-state index in [9.17, 15) is 14.7 Å². The Kier molecular flexibility index (Phi) is 3.82.